The van der Waals surface area contributed by atoms with Crippen LogP contribution in [-0.2, 0) is 14.3 Å². The highest BCUT2D eigenvalue weighted by Gasteiger charge is 2.34. The number of para-hydroxylation sites is 1. The molecule has 5 aromatic rings. The molecule has 1 unspecified atom stereocenters. The number of carbonyl (C=O) groups is 2. The SMILES string of the molecule is C=CCOC(=O)C1=C(C)N=c2sc(=Cc3cn(-c4ccccc4)nc3-c3ccc(OC)c(Cl)c3)c(=O)n2C1c1ccc(OC(C)=O)c(OC)c1. The van der Waals surface area contributed by atoms with E-state index in [1.807, 2.05) is 42.6 Å². The van der Waals surface area contributed by atoms with Crippen molar-refractivity contribution in [2.24, 2.45) is 4.99 Å². The molecule has 1 atom stereocenters. The minimum absolute atomic E-state index is 0.0367. The lowest BCUT2D eigenvalue weighted by atomic mass is 9.95. The van der Waals surface area contributed by atoms with Crippen molar-refractivity contribution in [3.63, 3.8) is 0 Å². The molecule has 0 fully saturated rings. The van der Waals surface area contributed by atoms with Crippen molar-refractivity contribution in [3.8, 4) is 34.2 Å². The predicted molar refractivity (Wildman–Crippen MR) is 190 cm³/mol. The number of aromatic nitrogens is 3. The number of fused-ring (bicyclic) bond motifs is 1. The Bertz CT molecular complexity index is 2360. The van der Waals surface area contributed by atoms with E-state index in [1.54, 1.807) is 55.1 Å². The monoisotopic (exact) mass is 710 g/mol. The number of ether oxygens (including phenoxy) is 4. The van der Waals surface area contributed by atoms with Gasteiger partial charge < -0.3 is 18.9 Å². The summed E-state index contributed by atoms with van der Waals surface area (Å²) >= 11 is 7.68. The third-order valence-corrected chi connectivity index (χ3v) is 9.08. The van der Waals surface area contributed by atoms with Crippen LogP contribution in [0.4, 0.5) is 0 Å². The molecule has 1 aliphatic rings. The first kappa shape index (κ1) is 34.2. The molecule has 0 N–H and O–H groups in total. The van der Waals surface area contributed by atoms with Gasteiger partial charge in [0.2, 0.25) is 0 Å². The first-order valence-corrected chi connectivity index (χ1v) is 16.5. The third kappa shape index (κ3) is 6.63. The van der Waals surface area contributed by atoms with E-state index in [4.69, 9.17) is 35.6 Å². The van der Waals surface area contributed by atoms with Crippen LogP contribution in [0.3, 0.4) is 0 Å². The zero-order valence-corrected chi connectivity index (χ0v) is 29.1. The number of esters is 2. The van der Waals surface area contributed by atoms with Gasteiger partial charge in [0.25, 0.3) is 5.56 Å². The zero-order chi connectivity index (χ0) is 35.5. The van der Waals surface area contributed by atoms with Crippen LogP contribution in [-0.4, -0.2) is 47.1 Å². The van der Waals surface area contributed by atoms with E-state index < -0.39 is 23.5 Å². The largest absolute Gasteiger partial charge is 0.495 e. The summed E-state index contributed by atoms with van der Waals surface area (Å²) in [6.07, 6.45) is 5.04. The van der Waals surface area contributed by atoms with Crippen molar-refractivity contribution in [2.75, 3.05) is 20.8 Å². The van der Waals surface area contributed by atoms with Gasteiger partial charge in [-0.15, -0.1) is 0 Å². The first-order chi connectivity index (χ1) is 24.1. The molecule has 6 rings (SSSR count). The molecule has 11 nitrogen and oxygen atoms in total. The summed E-state index contributed by atoms with van der Waals surface area (Å²) in [6, 6.07) is 18.8. The molecule has 0 spiro atoms. The minimum Gasteiger partial charge on any atom is -0.495 e. The maximum Gasteiger partial charge on any atom is 0.338 e. The Kier molecular flexibility index (Phi) is 9.84. The number of halogens is 1. The van der Waals surface area contributed by atoms with E-state index in [2.05, 4.69) is 11.6 Å². The van der Waals surface area contributed by atoms with Crippen LogP contribution in [0.15, 0.2) is 107 Å². The van der Waals surface area contributed by atoms with Gasteiger partial charge >= 0.3 is 11.9 Å². The van der Waals surface area contributed by atoms with E-state index in [9.17, 15) is 14.4 Å². The maximum absolute atomic E-state index is 14.4. The van der Waals surface area contributed by atoms with Gasteiger partial charge in [0.1, 0.15) is 18.1 Å². The van der Waals surface area contributed by atoms with Crippen LogP contribution in [0.5, 0.6) is 17.2 Å². The molecule has 0 aliphatic carbocycles. The molecule has 0 saturated carbocycles. The van der Waals surface area contributed by atoms with Crippen molar-refractivity contribution in [1.82, 2.24) is 14.3 Å². The van der Waals surface area contributed by atoms with Crippen molar-refractivity contribution < 1.29 is 28.5 Å². The molecule has 50 heavy (non-hydrogen) atoms. The molecule has 1 aliphatic heterocycles. The number of thiazole rings is 1. The van der Waals surface area contributed by atoms with E-state index in [1.165, 1.54) is 36.0 Å². The number of hydrogen-bond acceptors (Lipinski definition) is 10. The third-order valence-electron chi connectivity index (χ3n) is 7.81. The average molecular weight is 711 g/mol. The molecule has 3 aromatic carbocycles. The second-order valence-corrected chi connectivity index (χ2v) is 12.5. The zero-order valence-electron chi connectivity index (χ0n) is 27.5. The smallest absolute Gasteiger partial charge is 0.338 e. The van der Waals surface area contributed by atoms with Crippen LogP contribution in [0.1, 0.15) is 31.0 Å². The molecule has 3 heterocycles. The van der Waals surface area contributed by atoms with Gasteiger partial charge in [-0.05, 0) is 61.0 Å². The van der Waals surface area contributed by atoms with Crippen LogP contribution >= 0.6 is 22.9 Å². The Hall–Kier alpha value is -5.72. The highest BCUT2D eigenvalue weighted by molar-refractivity contribution is 7.07. The summed E-state index contributed by atoms with van der Waals surface area (Å²) in [5, 5.41) is 5.28. The Morgan fingerprint density at radius 2 is 1.76 bits per heavy atom. The quantitative estimate of drug-likeness (QED) is 0.107. The minimum atomic E-state index is -0.946. The molecule has 0 amide bonds. The predicted octanol–water partition coefficient (Wildman–Crippen LogP) is 5.41. The lowest BCUT2D eigenvalue weighted by molar-refractivity contribution is -0.138. The maximum atomic E-state index is 14.4. The summed E-state index contributed by atoms with van der Waals surface area (Å²) in [4.78, 5) is 44.7. The normalized spacial score (nSPS) is 14.1. The summed E-state index contributed by atoms with van der Waals surface area (Å²) < 4.78 is 25.2. The van der Waals surface area contributed by atoms with Crippen LogP contribution in [0, 0.1) is 0 Å². The first-order valence-electron chi connectivity index (χ1n) is 15.3. The van der Waals surface area contributed by atoms with Gasteiger partial charge in [0.15, 0.2) is 16.3 Å². The highest BCUT2D eigenvalue weighted by Crippen LogP contribution is 2.37. The van der Waals surface area contributed by atoms with E-state index >= 15 is 0 Å². The van der Waals surface area contributed by atoms with Gasteiger partial charge in [0.05, 0.1) is 46.8 Å². The topological polar surface area (TPSA) is 123 Å². The summed E-state index contributed by atoms with van der Waals surface area (Å²) in [5.74, 6) is -0.238. The summed E-state index contributed by atoms with van der Waals surface area (Å²) in [7, 11) is 2.97. The van der Waals surface area contributed by atoms with Crippen LogP contribution in [0.2, 0.25) is 5.02 Å². The second kappa shape index (κ2) is 14.4. The number of hydrogen-bond donors (Lipinski definition) is 0. The van der Waals surface area contributed by atoms with Crippen molar-refractivity contribution in [3.05, 3.63) is 133 Å². The molecular weight excluding hydrogens is 680 g/mol. The molecular formula is C37H31ClN4O7S. The van der Waals surface area contributed by atoms with Crippen molar-refractivity contribution in [2.45, 2.75) is 19.9 Å². The Morgan fingerprint density at radius 3 is 2.44 bits per heavy atom. The van der Waals surface area contributed by atoms with Gasteiger partial charge in [-0.25, -0.2) is 14.5 Å². The van der Waals surface area contributed by atoms with Gasteiger partial charge in [0, 0.05) is 24.2 Å². The lowest BCUT2D eigenvalue weighted by Crippen LogP contribution is -2.40. The summed E-state index contributed by atoms with van der Waals surface area (Å²) in [5.41, 5.74) is 3.42. The van der Waals surface area contributed by atoms with E-state index in [0.29, 0.717) is 48.2 Å². The number of nitrogens with zero attached hydrogens (tertiary/aromatic N) is 4. The fourth-order valence-corrected chi connectivity index (χ4v) is 6.88. The lowest BCUT2D eigenvalue weighted by Gasteiger charge is -2.25. The molecule has 13 heteroatoms. The van der Waals surface area contributed by atoms with Crippen LogP contribution < -0.4 is 29.1 Å². The number of carbonyl (C=O) groups excluding carboxylic acids is 2. The molecule has 0 bridgehead atoms. The average Bonchev–Trinajstić information content (AvgIpc) is 3.67. The Labute approximate surface area is 295 Å². The van der Waals surface area contributed by atoms with Crippen molar-refractivity contribution in [1.29, 1.82) is 0 Å². The molecule has 0 radical (unpaired) electrons. The number of allylic oxidation sites excluding steroid dienone is 1. The van der Waals surface area contributed by atoms with Crippen molar-refractivity contribution >= 4 is 41.0 Å². The molecule has 0 saturated heterocycles. The fraction of sp³-hybridized carbons (Fsp3) is 0.162. The number of methoxy groups -OCH3 is 2. The van der Waals surface area contributed by atoms with E-state index in [-0.39, 0.29) is 23.7 Å². The molecule has 2 aromatic heterocycles. The standard InChI is InChI=1S/C37H31ClN4O7S/c1-6-16-48-36(45)32-21(2)39-37-42(34(32)24-13-15-29(49-22(3)43)30(18-24)47-5)35(44)31(50-37)19-25-20-41(26-10-8-7-9-11-26)40-33(25)23-12-14-28(46-4)27(38)17-23/h6-15,17-20,34H,1,16H2,2-5H3. The fourth-order valence-electron chi connectivity index (χ4n) is 5.59. The summed E-state index contributed by atoms with van der Waals surface area (Å²) in [6.45, 7) is 6.57. The van der Waals surface area contributed by atoms with Gasteiger partial charge in [-0.2, -0.15) is 5.10 Å². The van der Waals surface area contributed by atoms with E-state index in [0.717, 1.165) is 5.69 Å². The number of rotatable bonds is 10. The van der Waals surface area contributed by atoms with Gasteiger partial charge in [-0.3, -0.25) is 14.2 Å². The van der Waals surface area contributed by atoms with Crippen LogP contribution in [0.25, 0.3) is 23.0 Å². The highest BCUT2D eigenvalue weighted by atomic mass is 35.5. The molecule has 254 valence electrons. The Morgan fingerprint density at radius 1 is 1.02 bits per heavy atom. The second-order valence-electron chi connectivity index (χ2n) is 11.0. The number of benzene rings is 3. The van der Waals surface area contributed by atoms with Gasteiger partial charge in [-0.1, -0.05) is 59.9 Å². The Balaban J connectivity index is 1.56.